The maximum atomic E-state index is 12.9. The molecule has 1 nitrogen and oxygen atoms in total. The van der Waals surface area contributed by atoms with Crippen molar-refractivity contribution in [3.05, 3.63) is 75.4 Å². The lowest BCUT2D eigenvalue weighted by Crippen LogP contribution is -1.92. The van der Waals surface area contributed by atoms with Gasteiger partial charge in [0.2, 0.25) is 0 Å². The molecule has 0 saturated heterocycles. The molecule has 102 valence electrons. The van der Waals surface area contributed by atoms with Gasteiger partial charge in [-0.15, -0.1) is 0 Å². The van der Waals surface area contributed by atoms with E-state index in [0.29, 0.717) is 20.5 Å². The maximum Gasteiger partial charge on any atom is 0.186 e. The fraction of sp³-hybridized carbons (Fsp3) is 0. The summed E-state index contributed by atoms with van der Waals surface area (Å²) in [6.07, 6.45) is 1.44. The summed E-state index contributed by atoms with van der Waals surface area (Å²) in [5, 5.41) is 2.52. The molecule has 0 aliphatic rings. The number of rotatable bonds is 4. The molecule has 0 atom stereocenters. The first-order valence-electron chi connectivity index (χ1n) is 5.64. The molecule has 0 aliphatic heterocycles. The van der Waals surface area contributed by atoms with Gasteiger partial charge < -0.3 is 0 Å². The van der Waals surface area contributed by atoms with Crippen molar-refractivity contribution in [3.63, 3.8) is 0 Å². The summed E-state index contributed by atoms with van der Waals surface area (Å²) in [4.78, 5) is 12.5. The molecule has 0 aliphatic carbocycles. The van der Waals surface area contributed by atoms with Gasteiger partial charge in [0.15, 0.2) is 5.78 Å². The zero-order valence-electron chi connectivity index (χ0n) is 10.1. The summed E-state index contributed by atoms with van der Waals surface area (Å²) in [7, 11) is 0. The molecule has 0 radical (unpaired) electrons. The van der Waals surface area contributed by atoms with Crippen LogP contribution in [0.2, 0.25) is 10.0 Å². The Morgan fingerprint density at radius 2 is 1.80 bits per heavy atom. The van der Waals surface area contributed by atoms with Crippen molar-refractivity contribution in [3.8, 4) is 0 Å². The van der Waals surface area contributed by atoms with Gasteiger partial charge in [0.05, 0.1) is 5.02 Å². The second-order valence-electron chi connectivity index (χ2n) is 3.87. The van der Waals surface area contributed by atoms with Gasteiger partial charge in [-0.05, 0) is 53.9 Å². The molecule has 5 heteroatoms. The Hall–Kier alpha value is -1.29. The Morgan fingerprint density at radius 3 is 2.45 bits per heavy atom. The molecule has 2 aromatic carbocycles. The SMILES string of the molecule is O=C(/C=C/Sc1ccc(F)cc1Cl)c1ccc(Cl)cc1. The van der Waals surface area contributed by atoms with Gasteiger partial charge in [0.1, 0.15) is 5.82 Å². The van der Waals surface area contributed by atoms with Crippen LogP contribution < -0.4 is 0 Å². The number of allylic oxidation sites excluding steroid dienone is 1. The quantitative estimate of drug-likeness (QED) is 0.412. The first-order chi connectivity index (χ1) is 9.56. The minimum atomic E-state index is -0.388. The van der Waals surface area contributed by atoms with E-state index >= 15 is 0 Å². The zero-order valence-corrected chi connectivity index (χ0v) is 12.5. The molecule has 0 saturated carbocycles. The topological polar surface area (TPSA) is 17.1 Å². The predicted molar refractivity (Wildman–Crippen MR) is 82.2 cm³/mol. The van der Waals surface area contributed by atoms with Crippen molar-refractivity contribution in [2.24, 2.45) is 0 Å². The van der Waals surface area contributed by atoms with E-state index in [9.17, 15) is 9.18 Å². The normalized spacial score (nSPS) is 10.9. The molecule has 0 unspecified atom stereocenters. The minimum absolute atomic E-state index is 0.132. The largest absolute Gasteiger partial charge is 0.289 e. The number of hydrogen-bond acceptors (Lipinski definition) is 2. The van der Waals surface area contributed by atoms with Crippen LogP contribution in [0.3, 0.4) is 0 Å². The lowest BCUT2D eigenvalue weighted by Gasteiger charge is -2.00. The minimum Gasteiger partial charge on any atom is -0.289 e. The van der Waals surface area contributed by atoms with E-state index in [4.69, 9.17) is 23.2 Å². The second kappa shape index (κ2) is 6.93. The molecule has 0 bridgehead atoms. The molecular weight excluding hydrogens is 318 g/mol. The summed E-state index contributed by atoms with van der Waals surface area (Å²) < 4.78 is 12.9. The Bertz CT molecular complexity index is 653. The summed E-state index contributed by atoms with van der Waals surface area (Å²) in [6, 6.07) is 10.8. The number of thioether (sulfide) groups is 1. The van der Waals surface area contributed by atoms with Crippen LogP contribution in [0, 0.1) is 5.82 Å². The second-order valence-corrected chi connectivity index (χ2v) is 5.66. The van der Waals surface area contributed by atoms with Crippen LogP contribution in [-0.2, 0) is 0 Å². The average molecular weight is 327 g/mol. The zero-order chi connectivity index (χ0) is 14.5. The van der Waals surface area contributed by atoms with Gasteiger partial charge in [0, 0.05) is 15.5 Å². The van der Waals surface area contributed by atoms with Crippen molar-refractivity contribution in [1.82, 2.24) is 0 Å². The predicted octanol–water partition coefficient (Wildman–Crippen LogP) is 5.62. The number of benzene rings is 2. The van der Waals surface area contributed by atoms with E-state index in [1.54, 1.807) is 35.7 Å². The molecule has 0 fully saturated rings. The molecular formula is C15H9Cl2FOS. The Kier molecular flexibility index (Phi) is 5.24. The molecule has 0 N–H and O–H groups in total. The number of carbonyl (C=O) groups excluding carboxylic acids is 1. The molecule has 0 spiro atoms. The third kappa shape index (κ3) is 4.10. The van der Waals surface area contributed by atoms with Crippen LogP contribution >= 0.6 is 35.0 Å². The van der Waals surface area contributed by atoms with Crippen molar-refractivity contribution < 1.29 is 9.18 Å². The standard InChI is InChI=1S/C15H9Cl2FOS/c16-11-3-1-10(2-4-11)14(19)7-8-20-15-6-5-12(18)9-13(15)17/h1-9H/b8-7+. The van der Waals surface area contributed by atoms with Crippen molar-refractivity contribution in [2.45, 2.75) is 4.90 Å². The van der Waals surface area contributed by atoms with Gasteiger partial charge in [-0.25, -0.2) is 4.39 Å². The summed E-state index contributed by atoms with van der Waals surface area (Å²) in [6.45, 7) is 0. The highest BCUT2D eigenvalue weighted by molar-refractivity contribution is 8.02. The Balaban J connectivity index is 2.02. The molecule has 20 heavy (non-hydrogen) atoms. The highest BCUT2D eigenvalue weighted by Gasteiger charge is 2.03. The van der Waals surface area contributed by atoms with Crippen LogP contribution in [0.4, 0.5) is 4.39 Å². The molecule has 0 amide bonds. The van der Waals surface area contributed by atoms with Gasteiger partial charge in [-0.3, -0.25) is 4.79 Å². The van der Waals surface area contributed by atoms with E-state index in [1.165, 1.54) is 30.0 Å². The first-order valence-corrected chi connectivity index (χ1v) is 7.28. The lowest BCUT2D eigenvalue weighted by atomic mass is 10.1. The van der Waals surface area contributed by atoms with E-state index in [2.05, 4.69) is 0 Å². The number of carbonyl (C=O) groups is 1. The van der Waals surface area contributed by atoms with Gasteiger partial charge >= 0.3 is 0 Å². The van der Waals surface area contributed by atoms with Gasteiger partial charge in [-0.1, -0.05) is 35.0 Å². The fourth-order valence-corrected chi connectivity index (χ4v) is 2.53. The summed E-state index contributed by atoms with van der Waals surface area (Å²) in [5.74, 6) is -0.520. The van der Waals surface area contributed by atoms with Crippen molar-refractivity contribution >= 4 is 40.7 Å². The van der Waals surface area contributed by atoms with E-state index in [0.717, 1.165) is 0 Å². The van der Waals surface area contributed by atoms with Gasteiger partial charge in [-0.2, -0.15) is 0 Å². The van der Waals surface area contributed by atoms with Gasteiger partial charge in [0.25, 0.3) is 0 Å². The van der Waals surface area contributed by atoms with Crippen molar-refractivity contribution in [2.75, 3.05) is 0 Å². The van der Waals surface area contributed by atoms with E-state index < -0.39 is 0 Å². The van der Waals surface area contributed by atoms with Crippen LogP contribution in [0.15, 0.2) is 58.8 Å². The van der Waals surface area contributed by atoms with E-state index in [-0.39, 0.29) is 11.6 Å². The third-order valence-electron chi connectivity index (χ3n) is 2.44. The van der Waals surface area contributed by atoms with Crippen LogP contribution in [0.5, 0.6) is 0 Å². The number of hydrogen-bond donors (Lipinski definition) is 0. The highest BCUT2D eigenvalue weighted by Crippen LogP contribution is 2.28. The highest BCUT2D eigenvalue weighted by atomic mass is 35.5. The van der Waals surface area contributed by atoms with Crippen molar-refractivity contribution in [1.29, 1.82) is 0 Å². The number of ketones is 1. The first kappa shape index (κ1) is 15.1. The smallest absolute Gasteiger partial charge is 0.186 e. The van der Waals surface area contributed by atoms with Crippen LogP contribution in [0.1, 0.15) is 10.4 Å². The molecule has 0 aromatic heterocycles. The molecule has 2 aromatic rings. The fourth-order valence-electron chi connectivity index (χ4n) is 1.45. The Labute approximate surface area is 130 Å². The Morgan fingerprint density at radius 1 is 1.10 bits per heavy atom. The lowest BCUT2D eigenvalue weighted by molar-refractivity contribution is 0.104. The summed E-state index contributed by atoms with van der Waals surface area (Å²) in [5.41, 5.74) is 0.552. The van der Waals surface area contributed by atoms with Crippen LogP contribution in [0.25, 0.3) is 0 Å². The molecule has 0 heterocycles. The average Bonchev–Trinajstić information content (AvgIpc) is 2.42. The molecule has 2 rings (SSSR count). The van der Waals surface area contributed by atoms with Crippen LogP contribution in [-0.4, -0.2) is 5.78 Å². The van der Waals surface area contributed by atoms with E-state index in [1.807, 2.05) is 0 Å². The third-order valence-corrected chi connectivity index (χ3v) is 4.00. The maximum absolute atomic E-state index is 12.9. The number of halogens is 3. The summed E-state index contributed by atoms with van der Waals surface area (Å²) >= 11 is 12.9. The monoisotopic (exact) mass is 326 g/mol.